The summed E-state index contributed by atoms with van der Waals surface area (Å²) in [5, 5.41) is 3.67. The minimum Gasteiger partial charge on any atom is -0.334 e. The Morgan fingerprint density at radius 1 is 1.07 bits per heavy atom. The van der Waals surface area contributed by atoms with Crippen LogP contribution < -0.4 is 10.2 Å². The number of carbonyl (C=O) groups excluding carboxylic acids is 1. The third kappa shape index (κ3) is 5.96. The van der Waals surface area contributed by atoms with Crippen molar-refractivity contribution in [2.24, 2.45) is 0 Å². The lowest BCUT2D eigenvalue weighted by Gasteiger charge is -2.40. The van der Waals surface area contributed by atoms with Gasteiger partial charge in [-0.1, -0.05) is 47.5 Å². The van der Waals surface area contributed by atoms with Crippen molar-refractivity contribution in [1.82, 2.24) is 15.2 Å². The summed E-state index contributed by atoms with van der Waals surface area (Å²) in [6, 6.07) is 12.2. The molecule has 0 atom stereocenters. The zero-order valence-electron chi connectivity index (χ0n) is 21.3. The number of nitrogens with zero attached hydrogens (tertiary/aromatic N) is 3. The number of urea groups is 1. The molecule has 3 aromatic rings. The highest BCUT2D eigenvalue weighted by Gasteiger charge is 2.52. The van der Waals surface area contributed by atoms with Crippen molar-refractivity contribution in [3.63, 3.8) is 0 Å². The number of amides is 2. The normalized spacial score (nSPS) is 17.0. The van der Waals surface area contributed by atoms with Gasteiger partial charge >= 0.3 is 12.2 Å². The van der Waals surface area contributed by atoms with E-state index in [1.165, 1.54) is 17.2 Å². The van der Waals surface area contributed by atoms with E-state index in [0.717, 1.165) is 11.6 Å². The molecule has 0 unspecified atom stereocenters. The quantitative estimate of drug-likeness (QED) is 0.249. The number of pyridine rings is 1. The molecule has 0 aliphatic carbocycles. The smallest absolute Gasteiger partial charge is 0.334 e. The van der Waals surface area contributed by atoms with E-state index >= 15 is 0 Å². The van der Waals surface area contributed by atoms with Crippen molar-refractivity contribution in [3.8, 4) is 0 Å². The standard InChI is InChI=1S/C29H26Cl2F4N4O/c30-21-5-3-19(4-6-21)2-1-13-38-14-10-28(11-15-38)18-39(27(40)37-17-20-9-12-36-24(31)16-20)23-8-7-22(32)25(26(23)28)29(33,34)35/h1-9,12,16H,10-11,13-15,17-18H2,(H,37,40). The van der Waals surface area contributed by atoms with Crippen LogP contribution in [0, 0.1) is 5.82 Å². The molecule has 2 aromatic carbocycles. The SMILES string of the molecule is O=C(NCc1ccnc(Cl)c1)N1CC2(CCN(CC=Cc3ccc(Cl)cc3)CC2)c2c1ccc(F)c2C(F)(F)F. The number of hydrogen-bond acceptors (Lipinski definition) is 3. The third-order valence-electron chi connectivity index (χ3n) is 7.53. The summed E-state index contributed by atoms with van der Waals surface area (Å²) in [7, 11) is 0. The molecule has 1 aromatic heterocycles. The van der Waals surface area contributed by atoms with Gasteiger partial charge in [0.2, 0.25) is 0 Å². The molecule has 40 heavy (non-hydrogen) atoms. The van der Waals surface area contributed by atoms with E-state index in [9.17, 15) is 22.4 Å². The molecule has 2 amide bonds. The van der Waals surface area contributed by atoms with Crippen LogP contribution in [0.2, 0.25) is 10.2 Å². The van der Waals surface area contributed by atoms with Gasteiger partial charge < -0.3 is 5.32 Å². The molecule has 5 rings (SSSR count). The van der Waals surface area contributed by atoms with Gasteiger partial charge in [0.15, 0.2) is 0 Å². The highest BCUT2D eigenvalue weighted by molar-refractivity contribution is 6.30. The fourth-order valence-corrected chi connectivity index (χ4v) is 5.88. The summed E-state index contributed by atoms with van der Waals surface area (Å²) in [5.41, 5.74) is -0.650. The lowest BCUT2D eigenvalue weighted by molar-refractivity contribution is -0.141. The van der Waals surface area contributed by atoms with Gasteiger partial charge in [-0.2, -0.15) is 13.2 Å². The summed E-state index contributed by atoms with van der Waals surface area (Å²) in [6.07, 6.45) is 1.26. The van der Waals surface area contributed by atoms with E-state index in [0.29, 0.717) is 43.1 Å². The topological polar surface area (TPSA) is 48.5 Å². The van der Waals surface area contributed by atoms with Gasteiger partial charge in [-0.25, -0.2) is 14.2 Å². The van der Waals surface area contributed by atoms with Gasteiger partial charge in [-0.3, -0.25) is 9.80 Å². The van der Waals surface area contributed by atoms with E-state index in [1.54, 1.807) is 24.3 Å². The molecule has 1 spiro atoms. The van der Waals surface area contributed by atoms with Crippen molar-refractivity contribution < 1.29 is 22.4 Å². The molecular formula is C29H26Cl2F4N4O. The molecule has 2 aliphatic heterocycles. The summed E-state index contributed by atoms with van der Waals surface area (Å²) < 4.78 is 57.4. The Labute approximate surface area is 239 Å². The van der Waals surface area contributed by atoms with Crippen LogP contribution in [-0.2, 0) is 18.1 Å². The van der Waals surface area contributed by atoms with Crippen molar-refractivity contribution in [2.45, 2.75) is 31.0 Å². The Balaban J connectivity index is 1.36. The van der Waals surface area contributed by atoms with Crippen molar-refractivity contribution in [3.05, 3.63) is 99.1 Å². The number of nitrogens with one attached hydrogen (secondary N) is 1. The van der Waals surface area contributed by atoms with Crippen LogP contribution in [0.5, 0.6) is 0 Å². The Hall–Kier alpha value is -3.14. The maximum Gasteiger partial charge on any atom is 0.419 e. The van der Waals surface area contributed by atoms with E-state index in [-0.39, 0.29) is 29.5 Å². The molecular weight excluding hydrogens is 567 g/mol. The van der Waals surface area contributed by atoms with Crippen molar-refractivity contribution >= 4 is 41.0 Å². The molecule has 3 heterocycles. The average Bonchev–Trinajstić information content (AvgIpc) is 3.22. The Bertz CT molecular complexity index is 1420. The second-order valence-electron chi connectivity index (χ2n) is 10.1. The molecule has 0 radical (unpaired) electrons. The predicted octanol–water partition coefficient (Wildman–Crippen LogP) is 7.32. The Morgan fingerprint density at radius 2 is 1.80 bits per heavy atom. The number of anilines is 1. The number of halogens is 6. The van der Waals surface area contributed by atoms with Crippen LogP contribution in [0.25, 0.3) is 6.08 Å². The monoisotopic (exact) mass is 592 g/mol. The number of aromatic nitrogens is 1. The minimum atomic E-state index is -4.90. The Morgan fingerprint density at radius 3 is 2.48 bits per heavy atom. The first-order valence-corrected chi connectivity index (χ1v) is 13.5. The number of benzene rings is 2. The summed E-state index contributed by atoms with van der Waals surface area (Å²) in [6.45, 7) is 1.76. The van der Waals surface area contributed by atoms with Gasteiger partial charge in [-0.05, 0) is 79.0 Å². The fourth-order valence-electron chi connectivity index (χ4n) is 5.56. The van der Waals surface area contributed by atoms with Gasteiger partial charge in [0.25, 0.3) is 0 Å². The number of rotatable bonds is 5. The molecule has 5 nitrogen and oxygen atoms in total. The summed E-state index contributed by atoms with van der Waals surface area (Å²) >= 11 is 11.8. The number of hydrogen-bond donors (Lipinski definition) is 1. The van der Waals surface area contributed by atoms with Gasteiger partial charge in [-0.15, -0.1) is 0 Å². The van der Waals surface area contributed by atoms with Gasteiger partial charge in [0.1, 0.15) is 11.0 Å². The van der Waals surface area contributed by atoms with Crippen LogP contribution in [0.1, 0.15) is 35.1 Å². The minimum absolute atomic E-state index is 0.0340. The first-order valence-electron chi connectivity index (χ1n) is 12.8. The van der Waals surface area contributed by atoms with Gasteiger partial charge in [0, 0.05) is 36.3 Å². The average molecular weight is 593 g/mol. The second-order valence-corrected chi connectivity index (χ2v) is 10.9. The van der Waals surface area contributed by atoms with Crippen molar-refractivity contribution in [2.75, 3.05) is 31.1 Å². The molecule has 11 heteroatoms. The first-order chi connectivity index (χ1) is 19.1. The first kappa shape index (κ1) is 28.4. The number of carbonyl (C=O) groups is 1. The molecule has 0 saturated carbocycles. The molecule has 210 valence electrons. The van der Waals surface area contributed by atoms with Crippen LogP contribution >= 0.6 is 23.2 Å². The molecule has 2 aliphatic rings. The zero-order valence-corrected chi connectivity index (χ0v) is 22.8. The second kappa shape index (κ2) is 11.4. The van der Waals surface area contributed by atoms with E-state index in [1.807, 2.05) is 24.3 Å². The van der Waals surface area contributed by atoms with Crippen molar-refractivity contribution in [1.29, 1.82) is 0 Å². The number of alkyl halides is 3. The largest absolute Gasteiger partial charge is 0.419 e. The maximum atomic E-state index is 14.8. The lowest BCUT2D eigenvalue weighted by Crippen LogP contribution is -2.48. The van der Waals surface area contributed by atoms with Crippen LogP contribution in [0.3, 0.4) is 0 Å². The van der Waals surface area contributed by atoms with Crippen LogP contribution in [0.15, 0.2) is 60.8 Å². The molecule has 1 saturated heterocycles. The highest BCUT2D eigenvalue weighted by Crippen LogP contribution is 2.52. The number of fused-ring (bicyclic) bond motifs is 2. The maximum absolute atomic E-state index is 14.8. The van der Waals surface area contributed by atoms with Crippen LogP contribution in [-0.4, -0.2) is 42.1 Å². The zero-order chi connectivity index (χ0) is 28.5. The van der Waals surface area contributed by atoms with Crippen LogP contribution in [0.4, 0.5) is 28.0 Å². The lowest BCUT2D eigenvalue weighted by atomic mass is 9.72. The predicted molar refractivity (Wildman–Crippen MR) is 148 cm³/mol. The summed E-state index contributed by atoms with van der Waals surface area (Å²) in [5.74, 6) is -1.33. The third-order valence-corrected chi connectivity index (χ3v) is 7.99. The number of likely N-dealkylation sites (tertiary alicyclic amines) is 1. The van der Waals surface area contributed by atoms with E-state index < -0.39 is 29.0 Å². The molecule has 1 fully saturated rings. The highest BCUT2D eigenvalue weighted by atomic mass is 35.5. The molecule has 0 bridgehead atoms. The fraction of sp³-hybridized carbons (Fsp3) is 0.310. The van der Waals surface area contributed by atoms with E-state index in [4.69, 9.17) is 23.2 Å². The molecule has 1 N–H and O–H groups in total. The van der Waals surface area contributed by atoms with Gasteiger partial charge in [0.05, 0.1) is 11.3 Å². The Kier molecular flexibility index (Phi) is 8.08. The van der Waals surface area contributed by atoms with E-state index in [2.05, 4.69) is 15.2 Å². The number of piperidine rings is 1. The summed E-state index contributed by atoms with van der Waals surface area (Å²) in [4.78, 5) is 20.6.